The standard InChI is InChI=1S/C14H19N3O3S/c1-16-12(18)6-11(13(19)20)14(16)2-4-17(5-3-14)8-10-7-15-9-21-10/h7,9,11H,2-6,8H2,1H3,(H,19,20)/t11-/m1/s1. The molecular formula is C14H19N3O3S. The first-order valence-electron chi connectivity index (χ1n) is 7.12. The van der Waals surface area contributed by atoms with E-state index in [-0.39, 0.29) is 12.3 Å². The van der Waals surface area contributed by atoms with Crippen molar-refractivity contribution in [2.75, 3.05) is 20.1 Å². The molecule has 1 N–H and O–H groups in total. The van der Waals surface area contributed by atoms with Crippen molar-refractivity contribution in [3.05, 3.63) is 16.6 Å². The predicted octanol–water partition coefficient (Wildman–Crippen LogP) is 1.04. The number of carbonyl (C=O) groups is 2. The van der Waals surface area contributed by atoms with Gasteiger partial charge >= 0.3 is 5.97 Å². The van der Waals surface area contributed by atoms with Gasteiger partial charge in [-0.05, 0) is 12.8 Å². The van der Waals surface area contributed by atoms with E-state index in [1.54, 1.807) is 23.3 Å². The van der Waals surface area contributed by atoms with E-state index >= 15 is 0 Å². The number of carbonyl (C=O) groups excluding carboxylic acids is 1. The van der Waals surface area contributed by atoms with Gasteiger partial charge in [-0.2, -0.15) is 0 Å². The van der Waals surface area contributed by atoms with Gasteiger partial charge < -0.3 is 10.0 Å². The van der Waals surface area contributed by atoms with Crippen LogP contribution in [0.4, 0.5) is 0 Å². The number of carboxylic acid groups (broad SMARTS) is 1. The van der Waals surface area contributed by atoms with Crippen molar-refractivity contribution in [1.29, 1.82) is 0 Å². The zero-order valence-electron chi connectivity index (χ0n) is 12.0. The second-order valence-electron chi connectivity index (χ2n) is 5.90. The van der Waals surface area contributed by atoms with Gasteiger partial charge in [0.05, 0.1) is 17.0 Å². The Morgan fingerprint density at radius 1 is 1.52 bits per heavy atom. The Morgan fingerprint density at radius 2 is 2.24 bits per heavy atom. The molecule has 21 heavy (non-hydrogen) atoms. The highest BCUT2D eigenvalue weighted by molar-refractivity contribution is 7.09. The Bertz CT molecular complexity index is 538. The lowest BCUT2D eigenvalue weighted by Gasteiger charge is -2.45. The predicted molar refractivity (Wildman–Crippen MR) is 77.9 cm³/mol. The van der Waals surface area contributed by atoms with Gasteiger partial charge in [-0.1, -0.05) is 0 Å². The van der Waals surface area contributed by atoms with Gasteiger partial charge in [0.2, 0.25) is 5.91 Å². The molecule has 0 aliphatic carbocycles. The van der Waals surface area contributed by atoms with Crippen LogP contribution in [-0.4, -0.2) is 57.4 Å². The number of hydrogen-bond donors (Lipinski definition) is 1. The highest BCUT2D eigenvalue weighted by atomic mass is 32.1. The maximum Gasteiger partial charge on any atom is 0.309 e. The summed E-state index contributed by atoms with van der Waals surface area (Å²) in [7, 11) is 1.75. The molecule has 2 aliphatic rings. The minimum absolute atomic E-state index is 0.0432. The Labute approximate surface area is 127 Å². The second-order valence-corrected chi connectivity index (χ2v) is 6.87. The number of hydrogen-bond acceptors (Lipinski definition) is 5. The molecule has 1 aromatic heterocycles. The van der Waals surface area contributed by atoms with Crippen molar-refractivity contribution in [3.8, 4) is 0 Å². The van der Waals surface area contributed by atoms with E-state index in [1.807, 2.05) is 11.7 Å². The number of nitrogens with zero attached hydrogens (tertiary/aromatic N) is 3. The van der Waals surface area contributed by atoms with E-state index in [0.717, 1.165) is 32.5 Å². The fourth-order valence-corrected chi connectivity index (χ4v) is 4.26. The van der Waals surface area contributed by atoms with E-state index in [2.05, 4.69) is 9.88 Å². The average molecular weight is 309 g/mol. The van der Waals surface area contributed by atoms with E-state index in [9.17, 15) is 14.7 Å². The van der Waals surface area contributed by atoms with Crippen LogP contribution in [-0.2, 0) is 16.1 Å². The highest BCUT2D eigenvalue weighted by Crippen LogP contribution is 2.43. The third-order valence-corrected chi connectivity index (χ3v) is 5.72. The van der Waals surface area contributed by atoms with Crippen LogP contribution in [0.15, 0.2) is 11.7 Å². The number of carboxylic acids is 1. The number of thiazole rings is 1. The molecule has 3 rings (SSSR count). The molecule has 2 aliphatic heterocycles. The first kappa shape index (κ1) is 14.5. The van der Waals surface area contributed by atoms with Crippen LogP contribution in [0.3, 0.4) is 0 Å². The highest BCUT2D eigenvalue weighted by Gasteiger charge is 2.55. The lowest BCUT2D eigenvalue weighted by Crippen LogP contribution is -2.55. The monoisotopic (exact) mass is 309 g/mol. The number of piperidine rings is 1. The first-order chi connectivity index (χ1) is 10.0. The summed E-state index contributed by atoms with van der Waals surface area (Å²) in [5, 5.41) is 9.44. The third-order valence-electron chi connectivity index (χ3n) is 4.95. The molecule has 1 aromatic rings. The van der Waals surface area contributed by atoms with Crippen LogP contribution >= 0.6 is 11.3 Å². The fourth-order valence-electron chi connectivity index (χ4n) is 3.62. The number of rotatable bonds is 3. The van der Waals surface area contributed by atoms with Crippen molar-refractivity contribution >= 4 is 23.2 Å². The molecule has 6 nitrogen and oxygen atoms in total. The molecule has 2 saturated heterocycles. The summed E-state index contributed by atoms with van der Waals surface area (Å²) >= 11 is 1.64. The molecule has 7 heteroatoms. The largest absolute Gasteiger partial charge is 0.481 e. The summed E-state index contributed by atoms with van der Waals surface area (Å²) < 4.78 is 0. The Hall–Kier alpha value is -1.47. The summed E-state index contributed by atoms with van der Waals surface area (Å²) in [6, 6.07) is 0. The topological polar surface area (TPSA) is 73.7 Å². The minimum Gasteiger partial charge on any atom is -0.481 e. The number of likely N-dealkylation sites (tertiary alicyclic amines) is 2. The van der Waals surface area contributed by atoms with Crippen LogP contribution in [0, 0.1) is 5.92 Å². The van der Waals surface area contributed by atoms with E-state index < -0.39 is 17.4 Å². The number of aromatic nitrogens is 1. The van der Waals surface area contributed by atoms with Gasteiger partial charge in [-0.3, -0.25) is 19.5 Å². The SMILES string of the molecule is CN1C(=O)C[C@H](C(=O)O)C12CCN(Cc1cncs1)CC2. The van der Waals surface area contributed by atoms with Crippen LogP contribution in [0.5, 0.6) is 0 Å². The number of aliphatic carboxylic acids is 1. The van der Waals surface area contributed by atoms with Crippen molar-refractivity contribution < 1.29 is 14.7 Å². The van der Waals surface area contributed by atoms with Crippen molar-refractivity contribution in [3.63, 3.8) is 0 Å². The summed E-state index contributed by atoms with van der Waals surface area (Å²) in [5.74, 6) is -1.46. The molecular weight excluding hydrogens is 290 g/mol. The molecule has 1 amide bonds. The second kappa shape index (κ2) is 5.38. The zero-order valence-corrected chi connectivity index (χ0v) is 12.8. The van der Waals surface area contributed by atoms with Gasteiger partial charge in [0, 0.05) is 44.2 Å². The molecule has 0 unspecified atom stereocenters. The molecule has 114 valence electrons. The molecule has 2 fully saturated rings. The van der Waals surface area contributed by atoms with Crippen LogP contribution in [0.2, 0.25) is 0 Å². The minimum atomic E-state index is -0.844. The fraction of sp³-hybridized carbons (Fsp3) is 0.643. The van der Waals surface area contributed by atoms with Crippen molar-refractivity contribution in [2.24, 2.45) is 5.92 Å². The zero-order chi connectivity index (χ0) is 15.0. The average Bonchev–Trinajstić information content (AvgIpc) is 3.04. The Morgan fingerprint density at radius 3 is 2.81 bits per heavy atom. The normalized spacial score (nSPS) is 25.7. The molecule has 0 bridgehead atoms. The van der Waals surface area contributed by atoms with Crippen LogP contribution in [0.1, 0.15) is 24.1 Å². The quantitative estimate of drug-likeness (QED) is 0.903. The summed E-state index contributed by atoms with van der Waals surface area (Å²) in [6.45, 7) is 2.49. The van der Waals surface area contributed by atoms with Gasteiger partial charge in [0.25, 0.3) is 0 Å². The maximum absolute atomic E-state index is 11.9. The lowest BCUT2D eigenvalue weighted by molar-refractivity contribution is -0.146. The van der Waals surface area contributed by atoms with E-state index in [1.165, 1.54) is 4.88 Å². The summed E-state index contributed by atoms with van der Waals surface area (Å²) in [4.78, 5) is 32.7. The molecule has 3 heterocycles. The van der Waals surface area contributed by atoms with Gasteiger partial charge in [0.1, 0.15) is 0 Å². The van der Waals surface area contributed by atoms with Crippen molar-refractivity contribution in [1.82, 2.24) is 14.8 Å². The molecule has 0 aromatic carbocycles. The molecule has 0 saturated carbocycles. The van der Waals surface area contributed by atoms with Crippen LogP contribution in [0.25, 0.3) is 0 Å². The number of amides is 1. The molecule has 1 atom stereocenters. The van der Waals surface area contributed by atoms with Gasteiger partial charge in [-0.25, -0.2) is 0 Å². The maximum atomic E-state index is 11.9. The first-order valence-corrected chi connectivity index (χ1v) is 8.00. The van der Waals surface area contributed by atoms with Crippen LogP contribution < -0.4 is 0 Å². The van der Waals surface area contributed by atoms with Crippen molar-refractivity contribution in [2.45, 2.75) is 31.3 Å². The lowest BCUT2D eigenvalue weighted by atomic mass is 9.77. The van der Waals surface area contributed by atoms with E-state index in [0.29, 0.717) is 0 Å². The Balaban J connectivity index is 1.70. The molecule has 1 spiro atoms. The molecule has 0 radical (unpaired) electrons. The third kappa shape index (κ3) is 2.44. The van der Waals surface area contributed by atoms with E-state index in [4.69, 9.17) is 0 Å². The van der Waals surface area contributed by atoms with Gasteiger partial charge in [0.15, 0.2) is 0 Å². The smallest absolute Gasteiger partial charge is 0.309 e. The summed E-state index contributed by atoms with van der Waals surface area (Å²) in [5.41, 5.74) is 1.33. The Kier molecular flexibility index (Phi) is 3.71. The summed E-state index contributed by atoms with van der Waals surface area (Å²) in [6.07, 6.45) is 3.47. The van der Waals surface area contributed by atoms with Gasteiger partial charge in [-0.15, -0.1) is 11.3 Å².